The van der Waals surface area contributed by atoms with Gasteiger partial charge in [-0.3, -0.25) is 0 Å². The molecule has 0 saturated carbocycles. The lowest BCUT2D eigenvalue weighted by Crippen LogP contribution is -2.25. The highest BCUT2D eigenvalue weighted by Crippen LogP contribution is 2.14. The van der Waals surface area contributed by atoms with Gasteiger partial charge in [0.05, 0.1) is 12.0 Å². The van der Waals surface area contributed by atoms with E-state index >= 15 is 0 Å². The van der Waals surface area contributed by atoms with Crippen molar-refractivity contribution in [3.05, 3.63) is 11.7 Å². The van der Waals surface area contributed by atoms with Crippen LogP contribution in [0.25, 0.3) is 0 Å². The SMILES string of the molecule is COC(C)(C)Cc1nc(CC(C)N)no1. The molecule has 1 aromatic rings. The molecule has 0 amide bonds. The van der Waals surface area contributed by atoms with Crippen molar-refractivity contribution < 1.29 is 9.26 Å². The molecule has 0 aromatic carbocycles. The summed E-state index contributed by atoms with van der Waals surface area (Å²) in [5.41, 5.74) is 5.36. The molecule has 15 heavy (non-hydrogen) atoms. The van der Waals surface area contributed by atoms with E-state index in [-0.39, 0.29) is 11.6 Å². The van der Waals surface area contributed by atoms with Crippen LogP contribution >= 0.6 is 0 Å². The third kappa shape index (κ3) is 3.97. The van der Waals surface area contributed by atoms with Gasteiger partial charge >= 0.3 is 0 Å². The molecule has 0 spiro atoms. The van der Waals surface area contributed by atoms with Crippen molar-refractivity contribution in [2.75, 3.05) is 7.11 Å². The number of nitrogens with two attached hydrogens (primary N) is 1. The average Bonchev–Trinajstić information content (AvgIpc) is 2.50. The van der Waals surface area contributed by atoms with Crippen molar-refractivity contribution in [2.24, 2.45) is 5.73 Å². The van der Waals surface area contributed by atoms with Gasteiger partial charge in [-0.2, -0.15) is 4.98 Å². The molecule has 5 heteroatoms. The van der Waals surface area contributed by atoms with Crippen LogP contribution in [0.4, 0.5) is 0 Å². The van der Waals surface area contributed by atoms with Crippen molar-refractivity contribution in [3.8, 4) is 0 Å². The van der Waals surface area contributed by atoms with Gasteiger partial charge in [0, 0.05) is 19.6 Å². The molecule has 0 aliphatic carbocycles. The normalized spacial score (nSPS) is 14.2. The molecule has 2 N–H and O–H groups in total. The second-order valence-electron chi connectivity index (χ2n) is 4.43. The molecule has 5 nitrogen and oxygen atoms in total. The fourth-order valence-electron chi connectivity index (χ4n) is 1.17. The molecule has 1 atom stereocenters. The minimum Gasteiger partial charge on any atom is -0.378 e. The lowest BCUT2D eigenvalue weighted by Gasteiger charge is -2.19. The molecule has 0 saturated heterocycles. The van der Waals surface area contributed by atoms with E-state index < -0.39 is 0 Å². The molecular formula is C10H19N3O2. The Labute approximate surface area is 90.0 Å². The molecule has 1 heterocycles. The maximum Gasteiger partial charge on any atom is 0.229 e. The van der Waals surface area contributed by atoms with Crippen LogP contribution in [0.3, 0.4) is 0 Å². The summed E-state index contributed by atoms with van der Waals surface area (Å²) in [5, 5.41) is 3.85. The van der Waals surface area contributed by atoms with Gasteiger partial charge in [-0.05, 0) is 20.8 Å². The standard InChI is InChI=1S/C10H19N3O2/c1-7(11)5-8-12-9(15-13-8)6-10(2,3)14-4/h7H,5-6,11H2,1-4H3. The van der Waals surface area contributed by atoms with Crippen LogP contribution in [0.1, 0.15) is 32.5 Å². The zero-order valence-corrected chi connectivity index (χ0v) is 9.78. The van der Waals surface area contributed by atoms with Crippen LogP contribution in [-0.4, -0.2) is 28.9 Å². The quantitative estimate of drug-likeness (QED) is 0.787. The first-order valence-electron chi connectivity index (χ1n) is 5.05. The van der Waals surface area contributed by atoms with Gasteiger partial charge in [0.25, 0.3) is 0 Å². The zero-order valence-electron chi connectivity index (χ0n) is 9.78. The number of methoxy groups -OCH3 is 1. The van der Waals surface area contributed by atoms with E-state index in [1.165, 1.54) is 0 Å². The van der Waals surface area contributed by atoms with Crippen LogP contribution < -0.4 is 5.73 Å². The van der Waals surface area contributed by atoms with Gasteiger partial charge in [-0.1, -0.05) is 5.16 Å². The maximum absolute atomic E-state index is 5.64. The van der Waals surface area contributed by atoms with Gasteiger partial charge in [0.1, 0.15) is 0 Å². The van der Waals surface area contributed by atoms with Crippen LogP contribution in [0.15, 0.2) is 4.52 Å². The Balaban J connectivity index is 2.60. The van der Waals surface area contributed by atoms with Gasteiger partial charge in [0.2, 0.25) is 5.89 Å². The summed E-state index contributed by atoms with van der Waals surface area (Å²) >= 11 is 0. The summed E-state index contributed by atoms with van der Waals surface area (Å²) < 4.78 is 10.4. The highest BCUT2D eigenvalue weighted by molar-refractivity contribution is 4.92. The van der Waals surface area contributed by atoms with Gasteiger partial charge in [-0.25, -0.2) is 0 Å². The van der Waals surface area contributed by atoms with E-state index in [0.717, 1.165) is 0 Å². The molecule has 0 bridgehead atoms. The van der Waals surface area contributed by atoms with Crippen molar-refractivity contribution in [3.63, 3.8) is 0 Å². The third-order valence-corrected chi connectivity index (χ3v) is 2.14. The lowest BCUT2D eigenvalue weighted by molar-refractivity contribution is 0.0170. The molecule has 0 radical (unpaired) electrons. The van der Waals surface area contributed by atoms with E-state index in [4.69, 9.17) is 15.0 Å². The number of rotatable bonds is 5. The Kier molecular flexibility index (Phi) is 3.82. The maximum atomic E-state index is 5.64. The third-order valence-electron chi connectivity index (χ3n) is 2.14. The summed E-state index contributed by atoms with van der Waals surface area (Å²) in [5.74, 6) is 1.25. The Morgan fingerprint density at radius 2 is 2.20 bits per heavy atom. The predicted octanol–water partition coefficient (Wildman–Crippen LogP) is 0.927. The number of ether oxygens (including phenoxy) is 1. The first kappa shape index (κ1) is 12.1. The summed E-state index contributed by atoms with van der Waals surface area (Å²) in [4.78, 5) is 4.25. The van der Waals surface area contributed by atoms with E-state index in [1.807, 2.05) is 20.8 Å². The van der Waals surface area contributed by atoms with Gasteiger partial charge in [0.15, 0.2) is 5.82 Å². The second kappa shape index (κ2) is 4.72. The summed E-state index contributed by atoms with van der Waals surface area (Å²) in [7, 11) is 1.67. The Bertz CT molecular complexity index is 307. The van der Waals surface area contributed by atoms with Crippen LogP contribution in [0.5, 0.6) is 0 Å². The van der Waals surface area contributed by atoms with E-state index in [9.17, 15) is 0 Å². The average molecular weight is 213 g/mol. The van der Waals surface area contributed by atoms with Crippen molar-refractivity contribution >= 4 is 0 Å². The Morgan fingerprint density at radius 3 is 2.73 bits per heavy atom. The van der Waals surface area contributed by atoms with E-state index in [2.05, 4.69) is 10.1 Å². The first-order chi connectivity index (χ1) is 6.93. The van der Waals surface area contributed by atoms with Crippen molar-refractivity contribution in [2.45, 2.75) is 45.3 Å². The zero-order chi connectivity index (χ0) is 11.5. The number of nitrogens with zero attached hydrogens (tertiary/aromatic N) is 2. The highest BCUT2D eigenvalue weighted by Gasteiger charge is 2.21. The molecule has 1 unspecified atom stereocenters. The van der Waals surface area contributed by atoms with Crippen LogP contribution in [0.2, 0.25) is 0 Å². The van der Waals surface area contributed by atoms with Gasteiger partial charge in [-0.15, -0.1) is 0 Å². The smallest absolute Gasteiger partial charge is 0.229 e. The molecule has 0 aliphatic heterocycles. The van der Waals surface area contributed by atoms with Crippen molar-refractivity contribution in [1.82, 2.24) is 10.1 Å². The monoisotopic (exact) mass is 213 g/mol. The fourth-order valence-corrected chi connectivity index (χ4v) is 1.17. The molecule has 0 aliphatic rings. The fraction of sp³-hybridized carbons (Fsp3) is 0.800. The molecule has 86 valence electrons. The topological polar surface area (TPSA) is 74.2 Å². The lowest BCUT2D eigenvalue weighted by atomic mass is 10.1. The molecule has 1 aromatic heterocycles. The minimum atomic E-state index is -0.280. The minimum absolute atomic E-state index is 0.0471. The number of hydrogen-bond acceptors (Lipinski definition) is 5. The Hall–Kier alpha value is -0.940. The molecule has 1 rings (SSSR count). The van der Waals surface area contributed by atoms with Crippen molar-refractivity contribution in [1.29, 1.82) is 0 Å². The van der Waals surface area contributed by atoms with Gasteiger partial charge < -0.3 is 15.0 Å². The van der Waals surface area contributed by atoms with E-state index in [0.29, 0.717) is 24.6 Å². The van der Waals surface area contributed by atoms with Crippen LogP contribution in [0, 0.1) is 0 Å². The summed E-state index contributed by atoms with van der Waals surface area (Å²) in [6.45, 7) is 5.86. The second-order valence-corrected chi connectivity index (χ2v) is 4.43. The number of aromatic nitrogens is 2. The molecular weight excluding hydrogens is 194 g/mol. The number of hydrogen-bond donors (Lipinski definition) is 1. The summed E-state index contributed by atoms with van der Waals surface area (Å²) in [6, 6.07) is 0.0471. The summed E-state index contributed by atoms with van der Waals surface area (Å²) in [6.07, 6.45) is 1.24. The Morgan fingerprint density at radius 1 is 1.53 bits per heavy atom. The van der Waals surface area contributed by atoms with Crippen LogP contribution in [-0.2, 0) is 17.6 Å². The molecule has 0 fully saturated rings. The first-order valence-corrected chi connectivity index (χ1v) is 5.05. The highest BCUT2D eigenvalue weighted by atomic mass is 16.5. The van der Waals surface area contributed by atoms with E-state index in [1.54, 1.807) is 7.11 Å². The largest absolute Gasteiger partial charge is 0.378 e. The predicted molar refractivity (Wildman–Crippen MR) is 56.4 cm³/mol.